The molecule has 0 aliphatic heterocycles. The molecule has 4 nitrogen and oxygen atoms in total. The lowest BCUT2D eigenvalue weighted by molar-refractivity contribution is 0.102. The van der Waals surface area contributed by atoms with Gasteiger partial charge in [0.1, 0.15) is 5.82 Å². The average molecular weight is 338 g/mol. The molecule has 0 atom stereocenters. The van der Waals surface area contributed by atoms with Gasteiger partial charge in [0.2, 0.25) is 0 Å². The molecule has 0 radical (unpaired) electrons. The van der Waals surface area contributed by atoms with Crippen molar-refractivity contribution in [3.63, 3.8) is 0 Å². The molecule has 1 heterocycles. The highest BCUT2D eigenvalue weighted by Gasteiger charge is 2.08. The maximum Gasteiger partial charge on any atom is 0.255 e. The molecular formula is C19H16ClN3O. The second kappa shape index (κ2) is 7.15. The molecule has 1 amide bonds. The first-order valence-corrected chi connectivity index (χ1v) is 7.85. The average Bonchev–Trinajstić information content (AvgIpc) is 2.57. The van der Waals surface area contributed by atoms with Crippen molar-refractivity contribution in [1.82, 2.24) is 4.98 Å². The van der Waals surface area contributed by atoms with Crippen LogP contribution in [-0.2, 0) is 0 Å². The van der Waals surface area contributed by atoms with E-state index in [1.807, 2.05) is 49.4 Å². The van der Waals surface area contributed by atoms with Gasteiger partial charge in [0.25, 0.3) is 5.91 Å². The topological polar surface area (TPSA) is 54.0 Å². The molecule has 0 saturated heterocycles. The Kier molecular flexibility index (Phi) is 4.77. The fourth-order valence-electron chi connectivity index (χ4n) is 2.28. The van der Waals surface area contributed by atoms with Crippen molar-refractivity contribution in [2.45, 2.75) is 6.92 Å². The minimum atomic E-state index is -0.148. The highest BCUT2D eigenvalue weighted by molar-refractivity contribution is 6.30. The first-order chi connectivity index (χ1) is 11.6. The van der Waals surface area contributed by atoms with Gasteiger partial charge in [-0.15, -0.1) is 0 Å². The van der Waals surface area contributed by atoms with E-state index in [0.29, 0.717) is 22.1 Å². The van der Waals surface area contributed by atoms with E-state index in [2.05, 4.69) is 15.6 Å². The number of pyridine rings is 1. The lowest BCUT2D eigenvalue weighted by Crippen LogP contribution is -2.13. The number of nitrogens with one attached hydrogen (secondary N) is 2. The normalized spacial score (nSPS) is 10.2. The summed E-state index contributed by atoms with van der Waals surface area (Å²) in [6.07, 6.45) is 1.61. The summed E-state index contributed by atoms with van der Waals surface area (Å²) in [4.78, 5) is 16.6. The molecule has 3 rings (SSSR count). The summed E-state index contributed by atoms with van der Waals surface area (Å²) in [7, 11) is 0. The van der Waals surface area contributed by atoms with E-state index in [1.165, 1.54) is 0 Å². The van der Waals surface area contributed by atoms with Crippen molar-refractivity contribution < 1.29 is 4.79 Å². The first kappa shape index (κ1) is 16.0. The van der Waals surface area contributed by atoms with Crippen LogP contribution in [0.5, 0.6) is 0 Å². The number of benzene rings is 2. The fourth-order valence-corrected chi connectivity index (χ4v) is 2.47. The molecule has 0 aliphatic rings. The molecule has 0 saturated carbocycles. The zero-order chi connectivity index (χ0) is 16.9. The van der Waals surface area contributed by atoms with Crippen molar-refractivity contribution in [2.24, 2.45) is 0 Å². The van der Waals surface area contributed by atoms with Crippen LogP contribution in [0, 0.1) is 6.92 Å². The summed E-state index contributed by atoms with van der Waals surface area (Å²) in [5.41, 5.74) is 3.08. The Hall–Kier alpha value is -2.85. The molecule has 1 aromatic heterocycles. The van der Waals surface area contributed by atoms with Gasteiger partial charge in [0.15, 0.2) is 0 Å². The van der Waals surface area contributed by atoms with Gasteiger partial charge < -0.3 is 10.6 Å². The number of aromatic nitrogens is 1. The van der Waals surface area contributed by atoms with Gasteiger partial charge in [-0.1, -0.05) is 35.9 Å². The number of carbonyl (C=O) groups excluding carboxylic acids is 1. The zero-order valence-electron chi connectivity index (χ0n) is 13.1. The number of hydrogen-bond acceptors (Lipinski definition) is 3. The van der Waals surface area contributed by atoms with Crippen LogP contribution in [-0.4, -0.2) is 10.9 Å². The Balaban J connectivity index is 1.68. The summed E-state index contributed by atoms with van der Waals surface area (Å²) in [5, 5.41) is 6.66. The summed E-state index contributed by atoms with van der Waals surface area (Å²) >= 11 is 5.96. The fraction of sp³-hybridized carbons (Fsp3) is 0.0526. The molecule has 2 N–H and O–H groups in total. The Morgan fingerprint density at radius 3 is 2.54 bits per heavy atom. The molecule has 0 fully saturated rings. The summed E-state index contributed by atoms with van der Waals surface area (Å²) < 4.78 is 0. The second-order valence-corrected chi connectivity index (χ2v) is 5.77. The smallest absolute Gasteiger partial charge is 0.255 e. The number of hydrogen-bond donors (Lipinski definition) is 2. The molecule has 120 valence electrons. The van der Waals surface area contributed by atoms with E-state index in [9.17, 15) is 4.79 Å². The van der Waals surface area contributed by atoms with Gasteiger partial charge in [-0.3, -0.25) is 4.79 Å². The Morgan fingerprint density at radius 2 is 1.83 bits per heavy atom. The molecule has 24 heavy (non-hydrogen) atoms. The highest BCUT2D eigenvalue weighted by atomic mass is 35.5. The van der Waals surface area contributed by atoms with Crippen LogP contribution in [0.1, 0.15) is 15.9 Å². The van der Waals surface area contributed by atoms with Crippen LogP contribution < -0.4 is 10.6 Å². The number of amides is 1. The van der Waals surface area contributed by atoms with Crippen molar-refractivity contribution in [3.8, 4) is 0 Å². The SMILES string of the molecule is Cc1ccccc1C(=O)Nc1ccc(Nc2cccc(Cl)c2)nc1. The molecular weight excluding hydrogens is 322 g/mol. The monoisotopic (exact) mass is 337 g/mol. The number of nitrogens with zero attached hydrogens (tertiary/aromatic N) is 1. The predicted octanol–water partition coefficient (Wildman–Crippen LogP) is 5.04. The standard InChI is InChI=1S/C19H16ClN3O/c1-13-5-2-3-8-17(13)19(24)23-16-9-10-18(21-12-16)22-15-7-4-6-14(20)11-15/h2-12H,1H3,(H,21,22)(H,23,24). The molecule has 0 spiro atoms. The minimum absolute atomic E-state index is 0.148. The third kappa shape index (κ3) is 3.91. The molecule has 0 bridgehead atoms. The first-order valence-electron chi connectivity index (χ1n) is 7.47. The molecule has 0 aliphatic carbocycles. The van der Waals surface area contributed by atoms with Crippen LogP contribution in [0.4, 0.5) is 17.2 Å². The number of anilines is 3. The van der Waals surface area contributed by atoms with Gasteiger partial charge in [-0.2, -0.15) is 0 Å². The third-order valence-corrected chi connectivity index (χ3v) is 3.74. The maximum absolute atomic E-state index is 12.3. The molecule has 5 heteroatoms. The predicted molar refractivity (Wildman–Crippen MR) is 98.1 cm³/mol. The number of carbonyl (C=O) groups is 1. The molecule has 2 aromatic carbocycles. The van der Waals surface area contributed by atoms with Crippen LogP contribution >= 0.6 is 11.6 Å². The van der Waals surface area contributed by atoms with Crippen LogP contribution in [0.3, 0.4) is 0 Å². The molecule has 0 unspecified atom stereocenters. The van der Waals surface area contributed by atoms with E-state index in [0.717, 1.165) is 11.3 Å². The Bertz CT molecular complexity index is 862. The summed E-state index contributed by atoms with van der Waals surface area (Å²) in [6, 6.07) is 18.5. The van der Waals surface area contributed by atoms with E-state index in [4.69, 9.17) is 11.6 Å². The van der Waals surface area contributed by atoms with Crippen molar-refractivity contribution >= 4 is 34.7 Å². The van der Waals surface area contributed by atoms with E-state index in [-0.39, 0.29) is 5.91 Å². The number of rotatable bonds is 4. The van der Waals surface area contributed by atoms with Crippen LogP contribution in [0.15, 0.2) is 66.9 Å². The van der Waals surface area contributed by atoms with Gasteiger partial charge >= 0.3 is 0 Å². The van der Waals surface area contributed by atoms with Crippen LogP contribution in [0.25, 0.3) is 0 Å². The summed E-state index contributed by atoms with van der Waals surface area (Å²) in [6.45, 7) is 1.91. The minimum Gasteiger partial charge on any atom is -0.340 e. The second-order valence-electron chi connectivity index (χ2n) is 5.34. The Morgan fingerprint density at radius 1 is 1.00 bits per heavy atom. The van der Waals surface area contributed by atoms with Crippen molar-refractivity contribution in [2.75, 3.05) is 10.6 Å². The van der Waals surface area contributed by atoms with Gasteiger partial charge in [0.05, 0.1) is 11.9 Å². The van der Waals surface area contributed by atoms with E-state index >= 15 is 0 Å². The van der Waals surface area contributed by atoms with Crippen molar-refractivity contribution in [1.29, 1.82) is 0 Å². The van der Waals surface area contributed by atoms with Gasteiger partial charge in [-0.05, 0) is 48.9 Å². The highest BCUT2D eigenvalue weighted by Crippen LogP contribution is 2.20. The van der Waals surface area contributed by atoms with Gasteiger partial charge in [-0.25, -0.2) is 4.98 Å². The Labute approximate surface area is 145 Å². The number of halogens is 1. The maximum atomic E-state index is 12.3. The largest absolute Gasteiger partial charge is 0.340 e. The lowest BCUT2D eigenvalue weighted by atomic mass is 10.1. The number of aryl methyl sites for hydroxylation is 1. The van der Waals surface area contributed by atoms with Crippen LogP contribution in [0.2, 0.25) is 5.02 Å². The molecule has 3 aromatic rings. The zero-order valence-corrected chi connectivity index (χ0v) is 13.8. The van der Waals surface area contributed by atoms with Gasteiger partial charge in [0, 0.05) is 16.3 Å². The summed E-state index contributed by atoms with van der Waals surface area (Å²) in [5.74, 6) is 0.525. The third-order valence-electron chi connectivity index (χ3n) is 3.51. The van der Waals surface area contributed by atoms with Crippen molar-refractivity contribution in [3.05, 3.63) is 83.0 Å². The van der Waals surface area contributed by atoms with E-state index < -0.39 is 0 Å². The lowest BCUT2D eigenvalue weighted by Gasteiger charge is -2.09. The van der Waals surface area contributed by atoms with E-state index in [1.54, 1.807) is 24.4 Å². The quantitative estimate of drug-likeness (QED) is 0.701.